The van der Waals surface area contributed by atoms with E-state index in [1.807, 2.05) is 21.8 Å². The maximum Gasteiger partial charge on any atom is 0.153 e. The minimum absolute atomic E-state index is 0.412. The van der Waals surface area contributed by atoms with Crippen LogP contribution in [-0.4, -0.2) is 45.2 Å². The van der Waals surface area contributed by atoms with Gasteiger partial charge in [-0.3, -0.25) is 5.10 Å². The summed E-state index contributed by atoms with van der Waals surface area (Å²) in [5.74, 6) is 3.70. The van der Waals surface area contributed by atoms with Crippen LogP contribution in [0.3, 0.4) is 0 Å². The molecule has 0 aliphatic carbocycles. The lowest BCUT2D eigenvalue weighted by molar-refractivity contribution is 0.514. The number of nitrogens with one attached hydrogen (secondary N) is 1. The minimum Gasteiger partial charge on any atom is -0.263 e. The molecule has 3 aromatic heterocycles. The van der Waals surface area contributed by atoms with E-state index in [4.69, 9.17) is 0 Å². The second-order valence-electron chi connectivity index (χ2n) is 10.1. The predicted octanol–water partition coefficient (Wildman–Crippen LogP) is 6.02. The number of hydrogen-bond acceptors (Lipinski definition) is 6. The van der Waals surface area contributed by atoms with Gasteiger partial charge in [0.2, 0.25) is 0 Å². The summed E-state index contributed by atoms with van der Waals surface area (Å²) in [6.45, 7) is 25.2. The molecule has 0 unspecified atom stereocenters. The van der Waals surface area contributed by atoms with Crippen LogP contribution in [0.2, 0.25) is 0 Å². The molecule has 9 heteroatoms. The van der Waals surface area contributed by atoms with Crippen LogP contribution in [0.25, 0.3) is 0 Å². The van der Waals surface area contributed by atoms with Gasteiger partial charge in [0, 0.05) is 36.3 Å². The Morgan fingerprint density at radius 2 is 1.03 bits per heavy atom. The van der Waals surface area contributed by atoms with Gasteiger partial charge in [-0.05, 0) is 39.5 Å². The summed E-state index contributed by atoms with van der Waals surface area (Å²) in [5.41, 5.74) is 2.14. The van der Waals surface area contributed by atoms with Crippen LogP contribution in [0.5, 0.6) is 0 Å². The average molecular weight is 460 g/mol. The standard InChI is InChI=1S/3C8H15N3/c2*1-6(2)8-5-11(7(3)4)10-9-8;1-5(2)7-9-8(6(3)4)11-10-7/h2*5-7H,1-4H3;5-6H,1-4H3,(H,9,10,11). The van der Waals surface area contributed by atoms with E-state index in [1.165, 1.54) is 0 Å². The van der Waals surface area contributed by atoms with E-state index in [0.717, 1.165) is 23.0 Å². The number of aromatic amines is 1. The summed E-state index contributed by atoms with van der Waals surface area (Å²) < 4.78 is 3.77. The first-order valence-electron chi connectivity index (χ1n) is 12.1. The van der Waals surface area contributed by atoms with Gasteiger partial charge in [0.15, 0.2) is 5.82 Å². The first-order chi connectivity index (χ1) is 15.3. The lowest BCUT2D eigenvalue weighted by atomic mass is 10.2. The van der Waals surface area contributed by atoms with Crippen molar-refractivity contribution >= 4 is 0 Å². The molecule has 0 atom stereocenters. The number of hydrogen-bond donors (Lipinski definition) is 1. The van der Waals surface area contributed by atoms with Crippen molar-refractivity contribution in [3.8, 4) is 0 Å². The van der Waals surface area contributed by atoms with E-state index in [-0.39, 0.29) is 0 Å². The minimum atomic E-state index is 0.412. The molecular formula is C24H45N9. The number of H-pyrrole nitrogens is 1. The van der Waals surface area contributed by atoms with Crippen molar-refractivity contribution in [3.63, 3.8) is 0 Å². The van der Waals surface area contributed by atoms with Gasteiger partial charge in [0.1, 0.15) is 5.82 Å². The quantitative estimate of drug-likeness (QED) is 0.484. The smallest absolute Gasteiger partial charge is 0.153 e. The molecule has 0 aliphatic heterocycles. The molecule has 0 saturated heterocycles. The molecule has 3 rings (SSSR count). The SMILES string of the molecule is CC(C)c1cn(C(C)C)nn1.CC(C)c1cn(C(C)C)nn1.CC(C)c1n[nH]c(C(C)C)n1. The molecule has 0 aromatic carbocycles. The summed E-state index contributed by atoms with van der Waals surface area (Å²) in [7, 11) is 0. The van der Waals surface area contributed by atoms with Crippen LogP contribution >= 0.6 is 0 Å². The Hall–Kier alpha value is -2.58. The molecule has 0 bridgehead atoms. The second kappa shape index (κ2) is 13.2. The zero-order valence-electron chi connectivity index (χ0n) is 22.7. The van der Waals surface area contributed by atoms with Crippen LogP contribution in [0.1, 0.15) is 142 Å². The van der Waals surface area contributed by atoms with E-state index in [2.05, 4.69) is 119 Å². The van der Waals surface area contributed by atoms with E-state index in [0.29, 0.717) is 35.8 Å². The first-order valence-corrected chi connectivity index (χ1v) is 12.1. The number of rotatable bonds is 6. The van der Waals surface area contributed by atoms with E-state index in [1.54, 1.807) is 0 Å². The highest BCUT2D eigenvalue weighted by atomic mass is 15.4. The molecule has 0 radical (unpaired) electrons. The Bertz CT molecular complexity index is 727. The van der Waals surface area contributed by atoms with E-state index in [9.17, 15) is 0 Å². The fraction of sp³-hybridized carbons (Fsp3) is 0.750. The molecule has 0 aliphatic rings. The van der Waals surface area contributed by atoms with Crippen LogP contribution in [0, 0.1) is 0 Å². The Kier molecular flexibility index (Phi) is 11.4. The van der Waals surface area contributed by atoms with Crippen molar-refractivity contribution in [1.29, 1.82) is 0 Å². The van der Waals surface area contributed by atoms with Crippen LogP contribution in [0.15, 0.2) is 12.4 Å². The Balaban J connectivity index is 0.000000247. The van der Waals surface area contributed by atoms with Crippen molar-refractivity contribution in [3.05, 3.63) is 35.4 Å². The number of aromatic nitrogens is 9. The molecular weight excluding hydrogens is 414 g/mol. The fourth-order valence-corrected chi connectivity index (χ4v) is 2.42. The van der Waals surface area contributed by atoms with Gasteiger partial charge in [-0.15, -0.1) is 10.2 Å². The van der Waals surface area contributed by atoms with Crippen molar-refractivity contribution in [2.75, 3.05) is 0 Å². The van der Waals surface area contributed by atoms with Gasteiger partial charge >= 0.3 is 0 Å². The number of nitrogens with zero attached hydrogens (tertiary/aromatic N) is 8. The summed E-state index contributed by atoms with van der Waals surface area (Å²) in [4.78, 5) is 4.34. The Labute approximate surface area is 199 Å². The van der Waals surface area contributed by atoms with Crippen molar-refractivity contribution in [2.24, 2.45) is 0 Å². The normalized spacial score (nSPS) is 11.5. The Morgan fingerprint density at radius 1 is 0.606 bits per heavy atom. The van der Waals surface area contributed by atoms with Gasteiger partial charge in [-0.1, -0.05) is 65.8 Å². The van der Waals surface area contributed by atoms with Gasteiger partial charge < -0.3 is 0 Å². The molecule has 0 amide bonds. The average Bonchev–Trinajstić information content (AvgIpc) is 3.49. The second-order valence-corrected chi connectivity index (χ2v) is 10.1. The molecule has 3 heterocycles. The van der Waals surface area contributed by atoms with E-state index < -0.39 is 0 Å². The van der Waals surface area contributed by atoms with Crippen molar-refractivity contribution < 1.29 is 0 Å². The third kappa shape index (κ3) is 9.43. The lowest BCUT2D eigenvalue weighted by Gasteiger charge is -2.01. The topological polar surface area (TPSA) is 103 Å². The maximum atomic E-state index is 4.34. The summed E-state index contributed by atoms with van der Waals surface area (Å²) in [6.07, 6.45) is 4.02. The zero-order chi connectivity index (χ0) is 25.3. The highest BCUT2D eigenvalue weighted by Crippen LogP contribution is 2.13. The van der Waals surface area contributed by atoms with Gasteiger partial charge in [0.25, 0.3) is 0 Å². The summed E-state index contributed by atoms with van der Waals surface area (Å²) >= 11 is 0. The fourth-order valence-electron chi connectivity index (χ4n) is 2.42. The molecule has 0 spiro atoms. The highest BCUT2D eigenvalue weighted by molar-refractivity contribution is 4.99. The largest absolute Gasteiger partial charge is 0.263 e. The molecule has 186 valence electrons. The third-order valence-electron chi connectivity index (χ3n) is 4.88. The molecule has 3 aromatic rings. The van der Waals surface area contributed by atoms with Crippen LogP contribution < -0.4 is 0 Å². The molecule has 9 nitrogen and oxygen atoms in total. The molecule has 33 heavy (non-hydrogen) atoms. The predicted molar refractivity (Wildman–Crippen MR) is 134 cm³/mol. The van der Waals surface area contributed by atoms with Gasteiger partial charge in [0.05, 0.1) is 11.4 Å². The molecule has 0 saturated carbocycles. The van der Waals surface area contributed by atoms with Gasteiger partial charge in [-0.2, -0.15) is 5.10 Å². The monoisotopic (exact) mass is 459 g/mol. The van der Waals surface area contributed by atoms with Crippen LogP contribution in [0.4, 0.5) is 0 Å². The zero-order valence-corrected chi connectivity index (χ0v) is 22.7. The lowest BCUT2D eigenvalue weighted by Crippen LogP contribution is -2.00. The third-order valence-corrected chi connectivity index (χ3v) is 4.88. The summed E-state index contributed by atoms with van der Waals surface area (Å²) in [5, 5.41) is 23.1. The highest BCUT2D eigenvalue weighted by Gasteiger charge is 2.09. The molecule has 0 fully saturated rings. The van der Waals surface area contributed by atoms with Crippen molar-refractivity contribution in [1.82, 2.24) is 45.2 Å². The van der Waals surface area contributed by atoms with Crippen LogP contribution in [-0.2, 0) is 0 Å². The van der Waals surface area contributed by atoms with Crippen molar-refractivity contribution in [2.45, 2.75) is 119 Å². The summed E-state index contributed by atoms with van der Waals surface area (Å²) in [6, 6.07) is 0.824. The molecule has 1 N–H and O–H groups in total. The van der Waals surface area contributed by atoms with E-state index >= 15 is 0 Å². The first kappa shape index (κ1) is 28.5. The van der Waals surface area contributed by atoms with Gasteiger partial charge in [-0.25, -0.2) is 14.3 Å². The Morgan fingerprint density at radius 3 is 1.21 bits per heavy atom. The maximum absolute atomic E-state index is 4.34.